The summed E-state index contributed by atoms with van der Waals surface area (Å²) in [5.41, 5.74) is 1.91. The summed E-state index contributed by atoms with van der Waals surface area (Å²) in [6.45, 7) is 2.10. The lowest BCUT2D eigenvalue weighted by atomic mass is 10.1. The summed E-state index contributed by atoms with van der Waals surface area (Å²) in [7, 11) is 1.98. The molecule has 0 radical (unpaired) electrons. The number of hydrogen-bond acceptors (Lipinski definition) is 3. The highest BCUT2D eigenvalue weighted by Gasteiger charge is 2.14. The second-order valence-electron chi connectivity index (χ2n) is 4.34. The molecule has 100 valence electrons. The second kappa shape index (κ2) is 6.22. The fourth-order valence-electron chi connectivity index (χ4n) is 1.79. The van der Waals surface area contributed by atoms with Crippen LogP contribution in [0.3, 0.4) is 0 Å². The largest absolute Gasteiger partial charge is 0.352 e. The van der Waals surface area contributed by atoms with Crippen molar-refractivity contribution in [3.05, 3.63) is 52.9 Å². The van der Waals surface area contributed by atoms with Crippen LogP contribution in [0.2, 0.25) is 5.02 Å². The van der Waals surface area contributed by atoms with E-state index in [1.165, 1.54) is 0 Å². The van der Waals surface area contributed by atoms with Gasteiger partial charge in [0.05, 0.1) is 30.0 Å². The van der Waals surface area contributed by atoms with Gasteiger partial charge in [-0.1, -0.05) is 23.7 Å². The number of benzene rings is 1. The minimum Gasteiger partial charge on any atom is -0.352 e. The van der Waals surface area contributed by atoms with Crippen molar-refractivity contribution in [2.75, 3.05) is 11.9 Å². The van der Waals surface area contributed by atoms with E-state index in [0.29, 0.717) is 5.88 Å². The van der Waals surface area contributed by atoms with Gasteiger partial charge in [-0.2, -0.15) is 0 Å². The smallest absolute Gasteiger partial charge is 0.147 e. The Kier molecular flexibility index (Phi) is 4.61. The zero-order chi connectivity index (χ0) is 13.8. The average Bonchev–Trinajstić information content (AvgIpc) is 2.46. The van der Waals surface area contributed by atoms with Crippen LogP contribution in [0.1, 0.15) is 24.2 Å². The number of hydrogen-bond donors (Lipinski definition) is 0. The molecule has 1 aromatic carbocycles. The Balaban J connectivity index is 2.20. The molecule has 0 aliphatic rings. The van der Waals surface area contributed by atoms with Gasteiger partial charge in [0.15, 0.2) is 0 Å². The molecule has 0 saturated carbocycles. The van der Waals surface area contributed by atoms with Crippen LogP contribution in [-0.2, 0) is 5.88 Å². The minimum absolute atomic E-state index is 0.162. The zero-order valence-corrected chi connectivity index (χ0v) is 12.4. The van der Waals surface area contributed by atoms with Crippen molar-refractivity contribution in [3.8, 4) is 0 Å². The lowest BCUT2D eigenvalue weighted by Gasteiger charge is -2.26. The van der Waals surface area contributed by atoms with Crippen molar-refractivity contribution in [1.82, 2.24) is 9.97 Å². The van der Waals surface area contributed by atoms with Crippen LogP contribution in [0.25, 0.3) is 0 Å². The van der Waals surface area contributed by atoms with E-state index >= 15 is 0 Å². The van der Waals surface area contributed by atoms with Gasteiger partial charge in [0, 0.05) is 12.1 Å². The first-order chi connectivity index (χ1) is 9.11. The molecule has 1 aromatic heterocycles. The summed E-state index contributed by atoms with van der Waals surface area (Å²) in [6.07, 6.45) is 3.43. The molecule has 19 heavy (non-hydrogen) atoms. The first kappa shape index (κ1) is 14.1. The van der Waals surface area contributed by atoms with E-state index in [1.54, 1.807) is 12.4 Å². The molecule has 0 fully saturated rings. The summed E-state index contributed by atoms with van der Waals surface area (Å²) in [5.74, 6) is 1.18. The molecule has 0 N–H and O–H groups in total. The molecule has 0 bridgehead atoms. The van der Waals surface area contributed by atoms with Crippen molar-refractivity contribution >= 4 is 29.0 Å². The normalized spacial score (nSPS) is 12.2. The van der Waals surface area contributed by atoms with Crippen molar-refractivity contribution < 1.29 is 0 Å². The van der Waals surface area contributed by atoms with E-state index in [4.69, 9.17) is 23.2 Å². The fourth-order valence-corrected chi connectivity index (χ4v) is 2.12. The highest BCUT2D eigenvalue weighted by atomic mass is 35.5. The number of aromatic nitrogens is 2. The predicted molar refractivity (Wildman–Crippen MR) is 79.9 cm³/mol. The van der Waals surface area contributed by atoms with Gasteiger partial charge in [-0.05, 0) is 24.6 Å². The maximum absolute atomic E-state index is 6.02. The highest BCUT2D eigenvalue weighted by molar-refractivity contribution is 6.30. The molecule has 0 aliphatic heterocycles. The predicted octanol–water partition coefficient (Wildman–Crippen LogP) is 4.07. The number of nitrogens with zero attached hydrogens (tertiary/aromatic N) is 3. The lowest BCUT2D eigenvalue weighted by molar-refractivity contribution is 0.725. The molecule has 1 atom stereocenters. The van der Waals surface area contributed by atoms with Gasteiger partial charge in [-0.25, -0.2) is 4.98 Å². The number of alkyl halides is 1. The Morgan fingerprint density at radius 3 is 2.63 bits per heavy atom. The van der Waals surface area contributed by atoms with Gasteiger partial charge in [0.1, 0.15) is 5.82 Å². The van der Waals surface area contributed by atoms with E-state index in [2.05, 4.69) is 21.8 Å². The van der Waals surface area contributed by atoms with Gasteiger partial charge < -0.3 is 4.90 Å². The van der Waals surface area contributed by atoms with E-state index < -0.39 is 0 Å². The quantitative estimate of drug-likeness (QED) is 0.796. The first-order valence-electron chi connectivity index (χ1n) is 5.97. The molecule has 0 spiro atoms. The summed E-state index contributed by atoms with van der Waals surface area (Å²) >= 11 is 11.7. The molecule has 2 aromatic rings. The Hall–Kier alpha value is -1.32. The maximum Gasteiger partial charge on any atom is 0.147 e. The highest BCUT2D eigenvalue weighted by Crippen LogP contribution is 2.25. The van der Waals surface area contributed by atoms with Gasteiger partial charge in [0.2, 0.25) is 0 Å². The number of halogens is 2. The Bertz CT molecular complexity index is 543. The third kappa shape index (κ3) is 3.37. The zero-order valence-electron chi connectivity index (χ0n) is 10.8. The molecular formula is C14H15Cl2N3. The number of anilines is 1. The number of rotatable bonds is 4. The monoisotopic (exact) mass is 295 g/mol. The lowest BCUT2D eigenvalue weighted by Crippen LogP contribution is -2.22. The molecule has 1 unspecified atom stereocenters. The van der Waals surface area contributed by atoms with Crippen molar-refractivity contribution in [2.24, 2.45) is 0 Å². The van der Waals surface area contributed by atoms with E-state index in [9.17, 15) is 0 Å². The molecule has 2 rings (SSSR count). The van der Waals surface area contributed by atoms with Crippen molar-refractivity contribution in [2.45, 2.75) is 18.8 Å². The molecule has 1 heterocycles. The summed E-state index contributed by atoms with van der Waals surface area (Å²) in [6, 6.07) is 7.99. The standard InChI is InChI=1S/C14H15Cl2N3/c1-10(11-4-3-5-12(16)6-11)19(2)14-9-17-13(7-15)8-18-14/h3-6,8-10H,7H2,1-2H3. The SMILES string of the molecule is CC(c1cccc(Cl)c1)N(C)c1cnc(CCl)cn1. The molecular weight excluding hydrogens is 281 g/mol. The van der Waals surface area contributed by atoms with Crippen molar-refractivity contribution in [3.63, 3.8) is 0 Å². The average molecular weight is 296 g/mol. The summed E-state index contributed by atoms with van der Waals surface area (Å²) in [4.78, 5) is 10.7. The molecule has 0 saturated heterocycles. The van der Waals surface area contributed by atoms with Gasteiger partial charge in [0.25, 0.3) is 0 Å². The van der Waals surface area contributed by atoms with Crippen LogP contribution >= 0.6 is 23.2 Å². The van der Waals surface area contributed by atoms with Crippen LogP contribution in [0.15, 0.2) is 36.7 Å². The Labute approximate surface area is 123 Å². The van der Waals surface area contributed by atoms with E-state index in [0.717, 1.165) is 22.1 Å². The Morgan fingerprint density at radius 1 is 1.26 bits per heavy atom. The molecule has 0 aliphatic carbocycles. The van der Waals surface area contributed by atoms with E-state index in [-0.39, 0.29) is 6.04 Å². The summed E-state index contributed by atoms with van der Waals surface area (Å²) < 4.78 is 0. The topological polar surface area (TPSA) is 29.0 Å². The first-order valence-corrected chi connectivity index (χ1v) is 6.88. The molecule has 3 nitrogen and oxygen atoms in total. The van der Waals surface area contributed by atoms with Crippen LogP contribution < -0.4 is 4.90 Å². The molecule has 5 heteroatoms. The van der Waals surface area contributed by atoms with Gasteiger partial charge in [-0.3, -0.25) is 4.98 Å². The van der Waals surface area contributed by atoms with Gasteiger partial charge >= 0.3 is 0 Å². The van der Waals surface area contributed by atoms with Crippen LogP contribution in [0, 0.1) is 0 Å². The third-order valence-corrected chi connectivity index (χ3v) is 3.61. The summed E-state index contributed by atoms with van der Waals surface area (Å²) in [5, 5.41) is 0.737. The molecule has 0 amide bonds. The van der Waals surface area contributed by atoms with Crippen LogP contribution in [-0.4, -0.2) is 17.0 Å². The minimum atomic E-state index is 0.162. The van der Waals surface area contributed by atoms with E-state index in [1.807, 2.05) is 31.3 Å². The van der Waals surface area contributed by atoms with Crippen molar-refractivity contribution in [1.29, 1.82) is 0 Å². The maximum atomic E-state index is 6.02. The van der Waals surface area contributed by atoms with Gasteiger partial charge in [-0.15, -0.1) is 11.6 Å². The second-order valence-corrected chi connectivity index (χ2v) is 5.05. The van der Waals surface area contributed by atoms with Crippen LogP contribution in [0.5, 0.6) is 0 Å². The third-order valence-electron chi connectivity index (χ3n) is 3.10. The Morgan fingerprint density at radius 2 is 2.05 bits per heavy atom. The fraction of sp³-hybridized carbons (Fsp3) is 0.286. The van der Waals surface area contributed by atoms with Crippen LogP contribution in [0.4, 0.5) is 5.82 Å².